The first kappa shape index (κ1) is 56.4. The molecule has 0 amide bonds. The van der Waals surface area contributed by atoms with Gasteiger partial charge in [-0.2, -0.15) is 0 Å². The van der Waals surface area contributed by atoms with E-state index in [2.05, 4.69) is 40.4 Å². The highest BCUT2D eigenvalue weighted by Crippen LogP contribution is 2.20. The second-order valence-corrected chi connectivity index (χ2v) is 22.4. The lowest BCUT2D eigenvalue weighted by atomic mass is 9.96. The number of carbonyl (C=O) groups is 4. The first-order valence-corrected chi connectivity index (χ1v) is 23.0. The van der Waals surface area contributed by atoms with Crippen LogP contribution < -0.4 is 0 Å². The van der Waals surface area contributed by atoms with Crippen molar-refractivity contribution in [3.8, 4) is 0 Å². The summed E-state index contributed by atoms with van der Waals surface area (Å²) in [6.45, 7) is 34.6. The Morgan fingerprint density at radius 1 is 0.578 bits per heavy atom. The molecule has 1 atom stereocenters. The van der Waals surface area contributed by atoms with E-state index in [9.17, 15) is 29.3 Å². The minimum atomic E-state index is -0.742. The maximum Gasteiger partial charge on any atom is 0.320 e. The number of hydrogen-bond acceptors (Lipinski definition) is 15. The third-order valence-corrected chi connectivity index (χ3v) is 9.81. The van der Waals surface area contributed by atoms with Crippen LogP contribution in [0.1, 0.15) is 122 Å². The lowest BCUT2D eigenvalue weighted by Crippen LogP contribution is -2.53. The van der Waals surface area contributed by atoms with Gasteiger partial charge in [0.05, 0.1) is 31.1 Å². The molecule has 1 saturated heterocycles. The van der Waals surface area contributed by atoms with Crippen molar-refractivity contribution in [2.45, 2.75) is 152 Å². The second-order valence-electron chi connectivity index (χ2n) is 22.4. The van der Waals surface area contributed by atoms with Gasteiger partial charge in [-0.25, -0.2) is 0 Å². The lowest BCUT2D eigenvalue weighted by Gasteiger charge is -2.39. The zero-order chi connectivity index (χ0) is 48.7. The Bertz CT molecular complexity index is 1610. The van der Waals surface area contributed by atoms with Gasteiger partial charge in [-0.1, -0.05) is 32.9 Å². The highest BCUT2D eigenvalue weighted by Gasteiger charge is 2.31. The van der Waals surface area contributed by atoms with Gasteiger partial charge in [0, 0.05) is 83.6 Å². The van der Waals surface area contributed by atoms with Crippen LogP contribution in [0, 0.1) is 15.5 Å². The Morgan fingerprint density at radius 2 is 0.938 bits per heavy atom. The molecule has 0 radical (unpaired) electrons. The molecular formula is C48H84N6O10. The number of aryl methyl sites for hydroxylation is 1. The summed E-state index contributed by atoms with van der Waals surface area (Å²) in [5.74, 6) is -1.55. The predicted octanol–water partition coefficient (Wildman–Crippen LogP) is 6.22. The van der Waals surface area contributed by atoms with Gasteiger partial charge in [0.1, 0.15) is 22.4 Å². The third-order valence-electron chi connectivity index (χ3n) is 9.81. The molecule has 1 heterocycles. The van der Waals surface area contributed by atoms with Crippen molar-refractivity contribution >= 4 is 29.6 Å². The summed E-state index contributed by atoms with van der Waals surface area (Å²) < 4.78 is 23.1. The highest BCUT2D eigenvalue weighted by molar-refractivity contribution is 5.75. The number of carbonyl (C=O) groups excluding carboxylic acids is 4. The lowest BCUT2D eigenvalue weighted by molar-refractivity contribution is -0.384. The van der Waals surface area contributed by atoms with Gasteiger partial charge in [0.25, 0.3) is 5.69 Å². The molecule has 16 heteroatoms. The standard InChI is InChI=1S/C48H84N6O10/c1-44(2,3)36-52-29-27-49(23-24-50(32-40(55)61-45(4,5)6)25-26-51(28-30-52)33-41(56)62-46(7,8)9)31-39(18-16-17-37-19-21-38(22-20-37)54(59)60)53(34-42(57)63-47(10,11)12)35-43(58)64-48(13,14)15/h19-22,39H,16-18,23-36H2,1-15H3. The zero-order valence-electron chi connectivity index (χ0n) is 42.2. The molecule has 366 valence electrons. The predicted molar refractivity (Wildman–Crippen MR) is 250 cm³/mol. The number of nitro benzene ring substituents is 1. The Morgan fingerprint density at radius 3 is 1.30 bits per heavy atom. The number of esters is 4. The molecule has 1 aliphatic heterocycles. The van der Waals surface area contributed by atoms with E-state index in [1.54, 1.807) is 12.1 Å². The topological polar surface area (TPSA) is 165 Å². The molecule has 1 unspecified atom stereocenters. The molecule has 0 aromatic heterocycles. The largest absolute Gasteiger partial charge is 0.459 e. The molecule has 1 aliphatic rings. The molecule has 1 aromatic rings. The fourth-order valence-corrected chi connectivity index (χ4v) is 7.43. The Labute approximate surface area is 384 Å². The normalized spacial score (nSPS) is 16.9. The van der Waals surface area contributed by atoms with Gasteiger partial charge < -0.3 is 23.8 Å². The number of ether oxygens (including phenoxy) is 4. The second kappa shape index (κ2) is 24.7. The maximum atomic E-state index is 13.6. The molecule has 0 saturated carbocycles. The Hall–Kier alpha value is -3.70. The van der Waals surface area contributed by atoms with Crippen molar-refractivity contribution in [2.24, 2.45) is 5.41 Å². The smallest absolute Gasteiger partial charge is 0.320 e. The molecule has 1 aromatic carbocycles. The van der Waals surface area contributed by atoms with Gasteiger partial charge in [0.15, 0.2) is 0 Å². The highest BCUT2D eigenvalue weighted by atomic mass is 16.6. The Kier molecular flexibility index (Phi) is 21.8. The number of nitro groups is 1. The fourth-order valence-electron chi connectivity index (χ4n) is 7.43. The van der Waals surface area contributed by atoms with Crippen molar-refractivity contribution in [3.05, 3.63) is 39.9 Å². The quantitative estimate of drug-likeness (QED) is 0.0748. The van der Waals surface area contributed by atoms with Crippen molar-refractivity contribution in [3.63, 3.8) is 0 Å². The van der Waals surface area contributed by atoms with E-state index >= 15 is 0 Å². The summed E-state index contributed by atoms with van der Waals surface area (Å²) in [5.41, 5.74) is -1.82. The summed E-state index contributed by atoms with van der Waals surface area (Å²) in [5, 5.41) is 11.3. The van der Waals surface area contributed by atoms with Gasteiger partial charge in [-0.3, -0.25) is 48.9 Å². The minimum absolute atomic E-state index is 0.0137. The van der Waals surface area contributed by atoms with E-state index in [4.69, 9.17) is 18.9 Å². The van der Waals surface area contributed by atoms with Crippen molar-refractivity contribution in [1.29, 1.82) is 0 Å². The molecule has 0 N–H and O–H groups in total. The van der Waals surface area contributed by atoms with Crippen LogP contribution in [0.25, 0.3) is 0 Å². The van der Waals surface area contributed by atoms with E-state index < -0.39 is 39.3 Å². The number of benzene rings is 1. The SMILES string of the molecule is CC(C)(C)CN1CCN(CC(=O)OC(C)(C)C)CCN(CC(=O)OC(C)(C)C)CCN(CC(CCCc2ccc([N+](=O)[O-])cc2)N(CC(=O)OC(C)(C)C)CC(=O)OC(C)(C)C)CC1. The first-order chi connectivity index (χ1) is 29.2. The fraction of sp³-hybridized carbons (Fsp3) is 0.792. The molecule has 1 fully saturated rings. The molecule has 64 heavy (non-hydrogen) atoms. The van der Waals surface area contributed by atoms with Crippen molar-refractivity contribution < 1.29 is 43.0 Å². The van der Waals surface area contributed by atoms with Crippen LogP contribution in [0.2, 0.25) is 0 Å². The summed E-state index contributed by atoms with van der Waals surface area (Å²) in [7, 11) is 0. The zero-order valence-corrected chi connectivity index (χ0v) is 42.2. The molecule has 0 aliphatic carbocycles. The Balaban J connectivity index is 2.61. The van der Waals surface area contributed by atoms with Crippen molar-refractivity contribution in [1.82, 2.24) is 24.5 Å². The van der Waals surface area contributed by atoms with Gasteiger partial charge in [-0.05, 0) is 113 Å². The van der Waals surface area contributed by atoms with E-state index in [1.807, 2.05) is 88.0 Å². The van der Waals surface area contributed by atoms with Crippen LogP contribution in [-0.2, 0) is 44.5 Å². The summed E-state index contributed by atoms with van der Waals surface area (Å²) >= 11 is 0. The number of non-ortho nitro benzene ring substituents is 1. The first-order valence-electron chi connectivity index (χ1n) is 23.0. The summed E-state index contributed by atoms with van der Waals surface area (Å²) in [6.07, 6.45) is 1.89. The van der Waals surface area contributed by atoms with Crippen LogP contribution in [0.15, 0.2) is 24.3 Å². The number of rotatable bonds is 17. The maximum absolute atomic E-state index is 13.6. The average molecular weight is 905 g/mol. The number of nitrogens with zero attached hydrogens (tertiary/aromatic N) is 6. The monoisotopic (exact) mass is 905 g/mol. The van der Waals surface area contributed by atoms with Crippen LogP contribution in [0.5, 0.6) is 0 Å². The molecule has 0 bridgehead atoms. The van der Waals surface area contributed by atoms with E-state index in [0.717, 1.165) is 12.1 Å². The van der Waals surface area contributed by atoms with Crippen LogP contribution >= 0.6 is 0 Å². The minimum Gasteiger partial charge on any atom is -0.459 e. The average Bonchev–Trinajstić information content (AvgIpc) is 3.08. The molecule has 2 rings (SSSR count). The molecule has 0 spiro atoms. The van der Waals surface area contributed by atoms with Crippen LogP contribution in [-0.4, -0.2) is 173 Å². The van der Waals surface area contributed by atoms with Gasteiger partial charge >= 0.3 is 23.9 Å². The van der Waals surface area contributed by atoms with E-state index in [0.29, 0.717) is 78.2 Å². The van der Waals surface area contributed by atoms with E-state index in [-0.39, 0.29) is 55.3 Å². The van der Waals surface area contributed by atoms with Crippen LogP contribution in [0.3, 0.4) is 0 Å². The number of hydrogen-bond donors (Lipinski definition) is 0. The molecular weight excluding hydrogens is 821 g/mol. The summed E-state index contributed by atoms with van der Waals surface area (Å²) in [6, 6.07) is 6.22. The van der Waals surface area contributed by atoms with Gasteiger partial charge in [0.2, 0.25) is 0 Å². The third kappa shape index (κ3) is 26.3. The van der Waals surface area contributed by atoms with E-state index in [1.165, 1.54) is 12.1 Å². The van der Waals surface area contributed by atoms with Crippen LogP contribution in [0.4, 0.5) is 5.69 Å². The van der Waals surface area contributed by atoms with Gasteiger partial charge in [-0.15, -0.1) is 0 Å². The summed E-state index contributed by atoms with van der Waals surface area (Å²) in [4.78, 5) is 75.4. The van der Waals surface area contributed by atoms with Crippen molar-refractivity contribution in [2.75, 3.05) is 91.6 Å². The molecule has 16 nitrogen and oxygen atoms in total.